The SMILES string of the molecule is COC(=O)c1cc(-c2ccc(/C=C3/SC(=O)N(CC(=O)N4CCOCC4)C3=O)o2)ccc1Cl. The number of esters is 1. The van der Waals surface area contributed by atoms with Crippen molar-refractivity contribution in [1.29, 1.82) is 0 Å². The minimum absolute atomic E-state index is 0.155. The van der Waals surface area contributed by atoms with E-state index in [0.717, 1.165) is 16.7 Å². The largest absolute Gasteiger partial charge is 0.465 e. The molecule has 2 saturated heterocycles. The topological polar surface area (TPSA) is 106 Å². The summed E-state index contributed by atoms with van der Waals surface area (Å²) in [7, 11) is 1.26. The first-order chi connectivity index (χ1) is 15.9. The molecule has 2 aliphatic heterocycles. The van der Waals surface area contributed by atoms with Gasteiger partial charge in [0.25, 0.3) is 11.1 Å². The van der Waals surface area contributed by atoms with E-state index in [9.17, 15) is 19.2 Å². The molecule has 11 heteroatoms. The van der Waals surface area contributed by atoms with Crippen LogP contribution in [0.1, 0.15) is 16.1 Å². The van der Waals surface area contributed by atoms with Gasteiger partial charge in [0.15, 0.2) is 0 Å². The molecule has 0 spiro atoms. The molecule has 0 bridgehead atoms. The van der Waals surface area contributed by atoms with Crippen LogP contribution in [0, 0.1) is 0 Å². The Morgan fingerprint density at radius 3 is 2.67 bits per heavy atom. The summed E-state index contributed by atoms with van der Waals surface area (Å²) in [6.07, 6.45) is 1.45. The molecule has 1 aromatic carbocycles. The standard InChI is InChI=1S/C22H19ClN2O7S/c1-30-21(28)15-10-13(2-4-16(15)23)17-5-3-14(32-17)11-18-20(27)25(22(29)33-18)12-19(26)24-6-8-31-9-7-24/h2-5,10-11H,6-9,12H2,1H3/b18-11+. The van der Waals surface area contributed by atoms with Gasteiger partial charge in [-0.15, -0.1) is 0 Å². The quantitative estimate of drug-likeness (QED) is 0.464. The third kappa shape index (κ3) is 4.97. The molecule has 0 radical (unpaired) electrons. The minimum atomic E-state index is -0.575. The Bertz CT molecular complexity index is 1150. The molecule has 33 heavy (non-hydrogen) atoms. The van der Waals surface area contributed by atoms with Crippen LogP contribution in [0.3, 0.4) is 0 Å². The van der Waals surface area contributed by atoms with Crippen molar-refractivity contribution in [2.75, 3.05) is 40.0 Å². The predicted molar refractivity (Wildman–Crippen MR) is 121 cm³/mol. The number of hydrogen-bond donors (Lipinski definition) is 0. The molecular weight excluding hydrogens is 472 g/mol. The molecule has 0 atom stereocenters. The van der Waals surface area contributed by atoms with Gasteiger partial charge < -0.3 is 18.8 Å². The van der Waals surface area contributed by atoms with Crippen molar-refractivity contribution in [3.63, 3.8) is 0 Å². The lowest BCUT2D eigenvalue weighted by atomic mass is 10.1. The normalized spacial score (nSPS) is 17.7. The fourth-order valence-corrected chi connectivity index (χ4v) is 4.36. The molecule has 4 rings (SSSR count). The van der Waals surface area contributed by atoms with E-state index in [4.69, 9.17) is 25.5 Å². The van der Waals surface area contributed by atoms with Crippen LogP contribution < -0.4 is 0 Å². The Balaban J connectivity index is 1.49. The first kappa shape index (κ1) is 23.1. The summed E-state index contributed by atoms with van der Waals surface area (Å²) in [4.78, 5) is 52.0. The summed E-state index contributed by atoms with van der Waals surface area (Å²) in [5.74, 6) is -0.654. The van der Waals surface area contributed by atoms with Gasteiger partial charge in [0.05, 0.1) is 35.8 Å². The summed E-state index contributed by atoms with van der Waals surface area (Å²) in [6, 6.07) is 8.09. The van der Waals surface area contributed by atoms with Crippen molar-refractivity contribution < 1.29 is 33.1 Å². The van der Waals surface area contributed by atoms with E-state index in [1.807, 2.05) is 0 Å². The number of morpholine rings is 1. The van der Waals surface area contributed by atoms with Gasteiger partial charge in [-0.2, -0.15) is 0 Å². The molecule has 3 amide bonds. The van der Waals surface area contributed by atoms with E-state index < -0.39 is 17.1 Å². The first-order valence-electron chi connectivity index (χ1n) is 9.96. The first-order valence-corrected chi connectivity index (χ1v) is 11.2. The number of thioether (sulfide) groups is 1. The molecule has 172 valence electrons. The molecule has 0 saturated carbocycles. The van der Waals surface area contributed by atoms with Gasteiger partial charge in [0.1, 0.15) is 18.1 Å². The van der Waals surface area contributed by atoms with Crippen LogP contribution in [-0.2, 0) is 19.1 Å². The van der Waals surface area contributed by atoms with Gasteiger partial charge >= 0.3 is 5.97 Å². The van der Waals surface area contributed by atoms with E-state index >= 15 is 0 Å². The molecule has 2 aromatic rings. The fourth-order valence-electron chi connectivity index (χ4n) is 3.34. The number of imide groups is 1. The number of amides is 3. The van der Waals surface area contributed by atoms with Gasteiger partial charge in [-0.25, -0.2) is 4.79 Å². The van der Waals surface area contributed by atoms with Crippen molar-refractivity contribution in [3.05, 3.63) is 51.6 Å². The summed E-state index contributed by atoms with van der Waals surface area (Å²) in [5, 5.41) is -0.266. The molecule has 2 fully saturated rings. The third-order valence-electron chi connectivity index (χ3n) is 5.09. The van der Waals surface area contributed by atoms with Crippen LogP contribution in [0.4, 0.5) is 4.79 Å². The van der Waals surface area contributed by atoms with Gasteiger partial charge in [-0.3, -0.25) is 19.3 Å². The average molecular weight is 491 g/mol. The highest BCUT2D eigenvalue weighted by Gasteiger charge is 2.37. The van der Waals surface area contributed by atoms with Crippen LogP contribution in [0.25, 0.3) is 17.4 Å². The number of carbonyl (C=O) groups is 4. The number of hydrogen-bond acceptors (Lipinski definition) is 8. The minimum Gasteiger partial charge on any atom is -0.465 e. The fraction of sp³-hybridized carbons (Fsp3) is 0.273. The third-order valence-corrected chi connectivity index (χ3v) is 6.32. The Hall–Kier alpha value is -3.08. The highest BCUT2D eigenvalue weighted by molar-refractivity contribution is 8.18. The van der Waals surface area contributed by atoms with E-state index in [1.165, 1.54) is 13.2 Å². The lowest BCUT2D eigenvalue weighted by Crippen LogP contribution is -2.46. The number of benzene rings is 1. The van der Waals surface area contributed by atoms with E-state index in [1.54, 1.807) is 35.2 Å². The number of methoxy groups -OCH3 is 1. The summed E-state index contributed by atoms with van der Waals surface area (Å²) >= 11 is 6.80. The Morgan fingerprint density at radius 2 is 1.94 bits per heavy atom. The zero-order valence-corrected chi connectivity index (χ0v) is 19.1. The van der Waals surface area contributed by atoms with Gasteiger partial charge in [0.2, 0.25) is 5.91 Å². The number of carbonyl (C=O) groups excluding carboxylic acids is 4. The molecule has 0 aliphatic carbocycles. The van der Waals surface area contributed by atoms with E-state index in [-0.39, 0.29) is 27.9 Å². The zero-order valence-electron chi connectivity index (χ0n) is 17.5. The molecular formula is C22H19ClN2O7S. The van der Waals surface area contributed by atoms with Crippen molar-refractivity contribution in [2.45, 2.75) is 0 Å². The zero-order chi connectivity index (χ0) is 23.5. The van der Waals surface area contributed by atoms with Crippen molar-refractivity contribution >= 4 is 52.5 Å². The lowest BCUT2D eigenvalue weighted by Gasteiger charge is -2.27. The smallest absolute Gasteiger partial charge is 0.339 e. The van der Waals surface area contributed by atoms with Crippen LogP contribution in [0.15, 0.2) is 39.7 Å². The Kier molecular flexibility index (Phi) is 6.87. The maximum Gasteiger partial charge on any atom is 0.339 e. The van der Waals surface area contributed by atoms with E-state index in [0.29, 0.717) is 43.4 Å². The second kappa shape index (κ2) is 9.82. The molecule has 3 heterocycles. The molecule has 0 unspecified atom stereocenters. The monoisotopic (exact) mass is 490 g/mol. The molecule has 9 nitrogen and oxygen atoms in total. The number of furan rings is 1. The highest BCUT2D eigenvalue weighted by atomic mass is 35.5. The maximum absolute atomic E-state index is 12.7. The Morgan fingerprint density at radius 1 is 1.18 bits per heavy atom. The highest BCUT2D eigenvalue weighted by Crippen LogP contribution is 2.34. The van der Waals surface area contributed by atoms with Crippen molar-refractivity contribution in [3.8, 4) is 11.3 Å². The van der Waals surface area contributed by atoms with Crippen LogP contribution in [-0.4, -0.2) is 72.8 Å². The average Bonchev–Trinajstić information content (AvgIpc) is 3.39. The van der Waals surface area contributed by atoms with Crippen LogP contribution in [0.5, 0.6) is 0 Å². The predicted octanol–water partition coefficient (Wildman–Crippen LogP) is 3.28. The second-order valence-electron chi connectivity index (χ2n) is 7.15. The molecule has 0 N–H and O–H groups in total. The van der Waals surface area contributed by atoms with Crippen molar-refractivity contribution in [2.24, 2.45) is 0 Å². The lowest BCUT2D eigenvalue weighted by molar-refractivity contribution is -0.139. The number of ether oxygens (including phenoxy) is 2. The molecule has 2 aliphatic rings. The summed E-state index contributed by atoms with van der Waals surface area (Å²) in [6.45, 7) is 1.42. The van der Waals surface area contributed by atoms with Crippen molar-refractivity contribution in [1.82, 2.24) is 9.80 Å². The Labute approximate surface area is 198 Å². The van der Waals surface area contributed by atoms with Gasteiger partial charge in [-0.1, -0.05) is 11.6 Å². The summed E-state index contributed by atoms with van der Waals surface area (Å²) in [5.41, 5.74) is 0.782. The number of rotatable bonds is 5. The number of halogens is 1. The van der Waals surface area contributed by atoms with E-state index in [2.05, 4.69) is 0 Å². The maximum atomic E-state index is 12.7. The number of nitrogens with zero attached hydrogens (tertiary/aromatic N) is 2. The van der Waals surface area contributed by atoms with Crippen LogP contribution >= 0.6 is 23.4 Å². The van der Waals surface area contributed by atoms with Crippen LogP contribution in [0.2, 0.25) is 5.02 Å². The second-order valence-corrected chi connectivity index (χ2v) is 8.55. The van der Waals surface area contributed by atoms with Gasteiger partial charge in [0, 0.05) is 24.7 Å². The van der Waals surface area contributed by atoms with Gasteiger partial charge in [-0.05, 0) is 42.1 Å². The summed E-state index contributed by atoms with van der Waals surface area (Å²) < 4.78 is 15.7. The molecule has 1 aromatic heterocycles.